The Bertz CT molecular complexity index is 1110. The molecule has 1 nitrogen and oxygen atoms in total. The highest BCUT2D eigenvalue weighted by Crippen LogP contribution is 2.52. The normalized spacial score (nSPS) is 17.4. The van der Waals surface area contributed by atoms with Crippen LogP contribution in [-0.4, -0.2) is 13.1 Å². The monoisotopic (exact) mass is 369 g/mol. The highest BCUT2D eigenvalue weighted by atomic mass is 28.3. The number of pyridine rings is 1. The molecule has 0 saturated heterocycles. The van der Waals surface area contributed by atoms with Crippen molar-refractivity contribution in [3.63, 3.8) is 0 Å². The van der Waals surface area contributed by atoms with Crippen molar-refractivity contribution in [3.8, 4) is 22.4 Å². The van der Waals surface area contributed by atoms with Crippen LogP contribution in [-0.2, 0) is 5.41 Å². The van der Waals surface area contributed by atoms with Crippen LogP contribution in [0.15, 0.2) is 48.7 Å². The van der Waals surface area contributed by atoms with Gasteiger partial charge in [-0.05, 0) is 50.2 Å². The van der Waals surface area contributed by atoms with Gasteiger partial charge >= 0.3 is 0 Å². The Morgan fingerprint density at radius 1 is 0.926 bits per heavy atom. The molecule has 136 valence electrons. The number of hydrogen-bond acceptors (Lipinski definition) is 1. The van der Waals surface area contributed by atoms with E-state index in [9.17, 15) is 0 Å². The van der Waals surface area contributed by atoms with Crippen molar-refractivity contribution in [1.82, 2.24) is 4.98 Å². The molecule has 0 unspecified atom stereocenters. The number of nitrogens with zero attached hydrogens (tertiary/aromatic N) is 1. The van der Waals surface area contributed by atoms with E-state index in [0.29, 0.717) is 5.92 Å². The summed E-state index contributed by atoms with van der Waals surface area (Å²) in [4.78, 5) is 4.77. The van der Waals surface area contributed by atoms with E-state index in [1.165, 1.54) is 39.1 Å². The zero-order valence-electron chi connectivity index (χ0n) is 17.1. The number of rotatable bonds is 1. The SMILES string of the molecule is CC(C)c1ccc2c(c1)-c1c(ccc3c1C(C)(C)c1cccnc1-3)[Si]2(C)C. The van der Waals surface area contributed by atoms with Crippen molar-refractivity contribution in [3.05, 3.63) is 65.4 Å². The van der Waals surface area contributed by atoms with Crippen LogP contribution < -0.4 is 10.4 Å². The van der Waals surface area contributed by atoms with Gasteiger partial charge in [-0.15, -0.1) is 0 Å². The third kappa shape index (κ3) is 2.02. The lowest BCUT2D eigenvalue weighted by molar-refractivity contribution is 0.661. The molecule has 0 spiro atoms. The minimum Gasteiger partial charge on any atom is -0.256 e. The van der Waals surface area contributed by atoms with Crippen molar-refractivity contribution < 1.29 is 0 Å². The zero-order chi connectivity index (χ0) is 19.1. The second-order valence-corrected chi connectivity index (χ2v) is 13.8. The molecule has 3 aromatic rings. The molecule has 2 aromatic carbocycles. The molecule has 0 N–H and O–H groups in total. The Morgan fingerprint density at radius 2 is 1.67 bits per heavy atom. The van der Waals surface area contributed by atoms with Crippen molar-refractivity contribution in [2.45, 2.75) is 52.1 Å². The standard InChI is InChI=1S/C25H27NSi/c1-15(2)16-9-11-20-18(14-16)22-21(27(20,5)6)12-10-17-23(22)25(3,4)19-8-7-13-26-24(17)19/h7-15H,1-6H3. The van der Waals surface area contributed by atoms with Crippen LogP contribution in [0, 0.1) is 0 Å². The fourth-order valence-electron chi connectivity index (χ4n) is 5.33. The van der Waals surface area contributed by atoms with Crippen molar-refractivity contribution in [2.75, 3.05) is 0 Å². The number of fused-ring (bicyclic) bond motifs is 7. The van der Waals surface area contributed by atoms with Crippen LogP contribution in [0.2, 0.25) is 13.1 Å². The quantitative estimate of drug-likeness (QED) is 0.529. The lowest BCUT2D eigenvalue weighted by Gasteiger charge is -2.25. The van der Waals surface area contributed by atoms with Gasteiger partial charge in [0.2, 0.25) is 0 Å². The van der Waals surface area contributed by atoms with Gasteiger partial charge in [0, 0.05) is 17.2 Å². The minimum absolute atomic E-state index is 0.00973. The summed E-state index contributed by atoms with van der Waals surface area (Å²) in [5.74, 6) is 0.549. The minimum atomic E-state index is -1.67. The number of benzene rings is 2. The van der Waals surface area contributed by atoms with Crippen LogP contribution in [0.3, 0.4) is 0 Å². The lowest BCUT2D eigenvalue weighted by atomic mass is 9.78. The maximum absolute atomic E-state index is 4.77. The molecule has 0 saturated carbocycles. The molecule has 27 heavy (non-hydrogen) atoms. The van der Waals surface area contributed by atoms with Gasteiger partial charge in [0.15, 0.2) is 0 Å². The smallest absolute Gasteiger partial charge is 0.113 e. The van der Waals surface area contributed by atoms with Crippen molar-refractivity contribution in [1.29, 1.82) is 0 Å². The van der Waals surface area contributed by atoms with Crippen LogP contribution in [0.4, 0.5) is 0 Å². The first-order chi connectivity index (χ1) is 12.7. The van der Waals surface area contributed by atoms with E-state index in [-0.39, 0.29) is 5.41 Å². The van der Waals surface area contributed by atoms with Gasteiger partial charge in [-0.1, -0.05) is 77.2 Å². The fraction of sp³-hybridized carbons (Fsp3) is 0.320. The van der Waals surface area contributed by atoms with E-state index >= 15 is 0 Å². The first kappa shape index (κ1) is 16.9. The molecule has 2 aliphatic rings. The van der Waals surface area contributed by atoms with E-state index in [4.69, 9.17) is 4.98 Å². The molecule has 0 radical (unpaired) electrons. The summed E-state index contributed by atoms with van der Waals surface area (Å²) in [6, 6.07) is 16.4. The highest BCUT2D eigenvalue weighted by molar-refractivity contribution is 7.03. The molecule has 1 aromatic heterocycles. The first-order valence-corrected chi connectivity index (χ1v) is 13.0. The largest absolute Gasteiger partial charge is 0.256 e. The maximum atomic E-state index is 4.77. The summed E-state index contributed by atoms with van der Waals surface area (Å²) in [5.41, 5.74) is 9.81. The van der Waals surface area contributed by atoms with Crippen LogP contribution in [0.25, 0.3) is 22.4 Å². The Labute approximate surface area is 163 Å². The molecule has 1 aliphatic heterocycles. The molecule has 1 aliphatic carbocycles. The van der Waals surface area contributed by atoms with Gasteiger partial charge in [0.05, 0.1) is 5.69 Å². The van der Waals surface area contributed by atoms with Gasteiger partial charge in [0.25, 0.3) is 0 Å². The Morgan fingerprint density at radius 3 is 2.41 bits per heavy atom. The van der Waals surface area contributed by atoms with E-state index in [0.717, 1.165) is 0 Å². The van der Waals surface area contributed by atoms with Gasteiger partial charge in [-0.3, -0.25) is 4.98 Å². The molecule has 0 bridgehead atoms. The lowest BCUT2D eigenvalue weighted by Crippen LogP contribution is -2.49. The molecule has 0 atom stereocenters. The molecule has 2 heteroatoms. The first-order valence-electron chi connectivity index (χ1n) is 10.0. The van der Waals surface area contributed by atoms with Crippen LogP contribution in [0.1, 0.15) is 50.3 Å². The van der Waals surface area contributed by atoms with E-state index in [1.807, 2.05) is 6.20 Å². The molecular weight excluding hydrogens is 342 g/mol. The maximum Gasteiger partial charge on any atom is 0.113 e. The van der Waals surface area contributed by atoms with Crippen LogP contribution >= 0.6 is 0 Å². The third-order valence-electron chi connectivity index (χ3n) is 6.89. The predicted octanol–water partition coefficient (Wildman–Crippen LogP) is 5.31. The summed E-state index contributed by atoms with van der Waals surface area (Å²) >= 11 is 0. The van der Waals surface area contributed by atoms with Crippen molar-refractivity contribution >= 4 is 18.4 Å². The Kier molecular flexibility index (Phi) is 3.26. The molecule has 2 heterocycles. The molecular formula is C25H27NSi. The molecule has 0 amide bonds. The summed E-state index contributed by atoms with van der Waals surface area (Å²) in [6.07, 6.45) is 1.93. The highest BCUT2D eigenvalue weighted by Gasteiger charge is 2.45. The van der Waals surface area contributed by atoms with E-state index in [2.05, 4.69) is 83.3 Å². The predicted molar refractivity (Wildman–Crippen MR) is 118 cm³/mol. The second-order valence-electron chi connectivity index (χ2n) is 9.52. The molecule has 0 fully saturated rings. The van der Waals surface area contributed by atoms with Gasteiger partial charge < -0.3 is 0 Å². The zero-order valence-corrected chi connectivity index (χ0v) is 18.1. The summed E-state index contributed by atoms with van der Waals surface area (Å²) < 4.78 is 0. The Balaban J connectivity index is 1.90. The van der Waals surface area contributed by atoms with Crippen molar-refractivity contribution in [2.24, 2.45) is 0 Å². The average molecular weight is 370 g/mol. The van der Waals surface area contributed by atoms with Gasteiger partial charge in [0.1, 0.15) is 8.07 Å². The fourth-order valence-corrected chi connectivity index (χ4v) is 8.37. The summed E-state index contributed by atoms with van der Waals surface area (Å²) in [6.45, 7) is 14.3. The van der Waals surface area contributed by atoms with Crippen LogP contribution in [0.5, 0.6) is 0 Å². The average Bonchev–Trinajstić information content (AvgIpc) is 3.01. The number of aromatic nitrogens is 1. The number of hydrogen-bond donors (Lipinski definition) is 0. The van der Waals surface area contributed by atoms with Gasteiger partial charge in [-0.25, -0.2) is 0 Å². The summed E-state index contributed by atoms with van der Waals surface area (Å²) in [5, 5.41) is 3.19. The Hall–Kier alpha value is -2.19. The topological polar surface area (TPSA) is 12.9 Å². The third-order valence-corrected chi connectivity index (χ3v) is 10.4. The molecule has 5 rings (SSSR count). The second kappa shape index (κ2) is 5.20. The van der Waals surface area contributed by atoms with E-state index < -0.39 is 8.07 Å². The van der Waals surface area contributed by atoms with Gasteiger partial charge in [-0.2, -0.15) is 0 Å². The summed E-state index contributed by atoms with van der Waals surface area (Å²) in [7, 11) is -1.67. The van der Waals surface area contributed by atoms with E-state index in [1.54, 1.807) is 10.4 Å².